The van der Waals surface area contributed by atoms with Gasteiger partial charge in [0.2, 0.25) is 0 Å². The fourth-order valence-electron chi connectivity index (χ4n) is 3.77. The Hall–Kier alpha value is -1.92. The van der Waals surface area contributed by atoms with Gasteiger partial charge in [-0.05, 0) is 56.3 Å². The lowest BCUT2D eigenvalue weighted by atomic mass is 9.90. The number of rotatable bonds is 3. The molecule has 0 radical (unpaired) electrons. The van der Waals surface area contributed by atoms with Crippen molar-refractivity contribution in [3.8, 4) is 11.3 Å². The second kappa shape index (κ2) is 6.91. The van der Waals surface area contributed by atoms with E-state index in [-0.39, 0.29) is 12.4 Å². The lowest BCUT2D eigenvalue weighted by molar-refractivity contribution is 0.0680. The molecule has 1 saturated heterocycles. The molecule has 2 N–H and O–H groups in total. The average molecular weight is 349 g/mol. The van der Waals surface area contributed by atoms with E-state index < -0.39 is 5.97 Å². The van der Waals surface area contributed by atoms with Crippen LogP contribution in [0.1, 0.15) is 34.5 Å². The van der Waals surface area contributed by atoms with Crippen molar-refractivity contribution < 1.29 is 9.90 Å². The van der Waals surface area contributed by atoms with Gasteiger partial charge in [-0.2, -0.15) is 5.10 Å². The van der Waals surface area contributed by atoms with Crippen molar-refractivity contribution in [2.24, 2.45) is 5.92 Å². The molecule has 128 valence electrons. The Balaban J connectivity index is 0.00000169. The molecule has 3 heterocycles. The maximum Gasteiger partial charge on any atom is 0.354 e. The van der Waals surface area contributed by atoms with Crippen LogP contribution in [0.25, 0.3) is 11.3 Å². The zero-order valence-electron chi connectivity index (χ0n) is 13.4. The predicted molar refractivity (Wildman–Crippen MR) is 92.7 cm³/mol. The number of pyridine rings is 1. The molecule has 2 aliphatic rings. The first-order valence-corrected chi connectivity index (χ1v) is 8.21. The average Bonchev–Trinajstić information content (AvgIpc) is 2.94. The Morgan fingerprint density at radius 1 is 1.42 bits per heavy atom. The van der Waals surface area contributed by atoms with Crippen LogP contribution >= 0.6 is 12.4 Å². The van der Waals surface area contributed by atoms with Crippen LogP contribution in [0.15, 0.2) is 18.5 Å². The molecule has 1 fully saturated rings. The number of aromatic carboxylic acids is 1. The highest BCUT2D eigenvalue weighted by Crippen LogP contribution is 2.34. The van der Waals surface area contributed by atoms with Crippen molar-refractivity contribution in [3.05, 3.63) is 35.3 Å². The van der Waals surface area contributed by atoms with Crippen LogP contribution in [-0.2, 0) is 19.4 Å². The molecule has 2 aromatic rings. The van der Waals surface area contributed by atoms with E-state index in [0.717, 1.165) is 61.2 Å². The van der Waals surface area contributed by atoms with Crippen LogP contribution in [0.3, 0.4) is 0 Å². The highest BCUT2D eigenvalue weighted by molar-refractivity contribution is 5.90. The summed E-state index contributed by atoms with van der Waals surface area (Å²) in [5.41, 5.74) is 4.26. The number of aryl methyl sites for hydroxylation is 1. The quantitative estimate of drug-likeness (QED) is 0.888. The van der Waals surface area contributed by atoms with Crippen molar-refractivity contribution in [1.29, 1.82) is 0 Å². The number of fused-ring (bicyclic) bond motifs is 3. The number of hydrogen-bond donors (Lipinski definition) is 2. The molecule has 0 amide bonds. The van der Waals surface area contributed by atoms with Crippen molar-refractivity contribution in [2.75, 3.05) is 13.1 Å². The lowest BCUT2D eigenvalue weighted by Crippen LogP contribution is -2.33. The van der Waals surface area contributed by atoms with E-state index in [0.29, 0.717) is 18.2 Å². The van der Waals surface area contributed by atoms with E-state index >= 15 is 0 Å². The summed E-state index contributed by atoms with van der Waals surface area (Å²) in [4.78, 5) is 16.0. The maximum absolute atomic E-state index is 11.8. The molecule has 1 atom stereocenters. The number of nitrogens with zero attached hydrogens (tertiary/aromatic N) is 3. The summed E-state index contributed by atoms with van der Waals surface area (Å²) in [5.74, 6) is -0.430. The summed E-state index contributed by atoms with van der Waals surface area (Å²) in [6, 6.07) is 1.94. The van der Waals surface area contributed by atoms with Crippen LogP contribution < -0.4 is 5.32 Å². The van der Waals surface area contributed by atoms with E-state index in [9.17, 15) is 9.90 Å². The van der Waals surface area contributed by atoms with E-state index in [4.69, 9.17) is 0 Å². The third-order valence-corrected chi connectivity index (χ3v) is 4.89. The van der Waals surface area contributed by atoms with Gasteiger partial charge in [0.05, 0.1) is 5.69 Å². The molecule has 0 saturated carbocycles. The third kappa shape index (κ3) is 2.91. The van der Waals surface area contributed by atoms with Gasteiger partial charge in [0.25, 0.3) is 0 Å². The largest absolute Gasteiger partial charge is 0.477 e. The smallest absolute Gasteiger partial charge is 0.354 e. The van der Waals surface area contributed by atoms with Crippen LogP contribution in [0.2, 0.25) is 0 Å². The van der Waals surface area contributed by atoms with Gasteiger partial charge in [0.15, 0.2) is 0 Å². The number of aromatic nitrogens is 3. The molecular weight excluding hydrogens is 328 g/mol. The highest BCUT2D eigenvalue weighted by Gasteiger charge is 2.29. The zero-order chi connectivity index (χ0) is 15.8. The molecule has 0 bridgehead atoms. The molecule has 6 nitrogen and oxygen atoms in total. The molecule has 1 unspecified atom stereocenters. The fraction of sp³-hybridized carbons (Fsp3) is 0.471. The van der Waals surface area contributed by atoms with Crippen molar-refractivity contribution in [1.82, 2.24) is 20.1 Å². The number of carboxylic acids is 1. The fourth-order valence-corrected chi connectivity index (χ4v) is 3.77. The standard InChI is InChI=1S/C17H20N4O2.ClH/c22-17(23)16-14-4-3-12-9-19-7-5-13(12)15(14)20-21(16)10-11-2-1-6-18-8-11;/h5,7,9,11,18H,1-4,6,8,10H2,(H,22,23);1H. The van der Waals surface area contributed by atoms with Gasteiger partial charge in [-0.1, -0.05) is 0 Å². The van der Waals surface area contributed by atoms with Crippen molar-refractivity contribution in [3.63, 3.8) is 0 Å². The first-order chi connectivity index (χ1) is 11.2. The third-order valence-electron chi connectivity index (χ3n) is 4.89. The van der Waals surface area contributed by atoms with E-state index in [1.807, 2.05) is 12.3 Å². The Morgan fingerprint density at radius 3 is 3.04 bits per heavy atom. The first-order valence-electron chi connectivity index (χ1n) is 8.21. The molecule has 7 heteroatoms. The number of carboxylic acid groups (broad SMARTS) is 1. The SMILES string of the molecule is Cl.O=C(O)c1c2c(nn1CC1CCCNC1)-c1ccncc1CC2. The predicted octanol–water partition coefficient (Wildman–Crippen LogP) is 2.16. The van der Waals surface area contributed by atoms with Gasteiger partial charge < -0.3 is 10.4 Å². The maximum atomic E-state index is 11.8. The molecule has 1 aliphatic carbocycles. The van der Waals surface area contributed by atoms with Gasteiger partial charge in [-0.3, -0.25) is 9.67 Å². The van der Waals surface area contributed by atoms with Crippen LogP contribution in [0.5, 0.6) is 0 Å². The molecule has 0 spiro atoms. The molecule has 4 rings (SSSR count). The normalized spacial score (nSPS) is 19.1. The molecule has 2 aromatic heterocycles. The minimum absolute atomic E-state index is 0. The van der Waals surface area contributed by atoms with Crippen LogP contribution in [-0.4, -0.2) is 38.9 Å². The molecule has 24 heavy (non-hydrogen) atoms. The lowest BCUT2D eigenvalue weighted by Gasteiger charge is -2.23. The first kappa shape index (κ1) is 16.9. The Morgan fingerprint density at radius 2 is 2.29 bits per heavy atom. The summed E-state index contributed by atoms with van der Waals surface area (Å²) in [7, 11) is 0. The van der Waals surface area contributed by atoms with E-state index in [1.165, 1.54) is 0 Å². The van der Waals surface area contributed by atoms with Crippen molar-refractivity contribution in [2.45, 2.75) is 32.2 Å². The van der Waals surface area contributed by atoms with Gasteiger partial charge in [-0.15, -0.1) is 12.4 Å². The van der Waals surface area contributed by atoms with Crippen LogP contribution in [0.4, 0.5) is 0 Å². The summed E-state index contributed by atoms with van der Waals surface area (Å²) in [5, 5.41) is 17.8. The minimum atomic E-state index is -0.875. The topological polar surface area (TPSA) is 80.0 Å². The van der Waals surface area contributed by atoms with Gasteiger partial charge >= 0.3 is 5.97 Å². The number of hydrogen-bond acceptors (Lipinski definition) is 4. The van der Waals surface area contributed by atoms with Crippen LogP contribution in [0, 0.1) is 5.92 Å². The summed E-state index contributed by atoms with van der Waals surface area (Å²) in [6.45, 7) is 2.66. The summed E-state index contributed by atoms with van der Waals surface area (Å²) >= 11 is 0. The molecule has 0 aromatic carbocycles. The van der Waals surface area contributed by atoms with Crippen molar-refractivity contribution >= 4 is 18.4 Å². The highest BCUT2D eigenvalue weighted by atomic mass is 35.5. The Labute approximate surface area is 146 Å². The second-order valence-electron chi connectivity index (χ2n) is 6.41. The molecular formula is C17H21ClN4O2. The monoisotopic (exact) mass is 348 g/mol. The summed E-state index contributed by atoms with van der Waals surface area (Å²) < 4.78 is 1.72. The Kier molecular flexibility index (Phi) is 4.87. The van der Waals surface area contributed by atoms with Gasteiger partial charge in [0, 0.05) is 30.1 Å². The Bertz CT molecular complexity index is 753. The van der Waals surface area contributed by atoms with E-state index in [2.05, 4.69) is 15.4 Å². The van der Waals surface area contributed by atoms with Gasteiger partial charge in [-0.25, -0.2) is 4.79 Å². The molecule has 1 aliphatic heterocycles. The second-order valence-corrected chi connectivity index (χ2v) is 6.41. The number of nitrogens with one attached hydrogen (secondary N) is 1. The number of piperidine rings is 1. The number of carbonyl (C=O) groups is 1. The van der Waals surface area contributed by atoms with Gasteiger partial charge in [0.1, 0.15) is 5.69 Å². The van der Waals surface area contributed by atoms with E-state index in [1.54, 1.807) is 10.9 Å². The zero-order valence-corrected chi connectivity index (χ0v) is 14.2. The minimum Gasteiger partial charge on any atom is -0.477 e. The number of halogens is 1. The summed E-state index contributed by atoms with van der Waals surface area (Å²) in [6.07, 6.45) is 7.42.